The largest absolute Gasteiger partial charge is 0.859 e. The highest BCUT2D eigenvalue weighted by Crippen LogP contribution is 2.30. The second-order valence-electron chi connectivity index (χ2n) is 8.32. The molecule has 4 aromatic rings. The zero-order valence-electron chi connectivity index (χ0n) is 19.4. The molecule has 35 heavy (non-hydrogen) atoms. The number of fused-ring (bicyclic) bond motifs is 1. The summed E-state index contributed by atoms with van der Waals surface area (Å²) in [5, 5.41) is 16.0. The number of nitrogens with two attached hydrogens (primary N) is 1. The van der Waals surface area contributed by atoms with Crippen LogP contribution in [0.15, 0.2) is 77.6 Å². The monoisotopic (exact) mass is 487 g/mol. The molecular formula is C27H25N3O4S. The quantitative estimate of drug-likeness (QED) is 0.438. The molecule has 0 radical (unpaired) electrons. The summed E-state index contributed by atoms with van der Waals surface area (Å²) in [4.78, 5) is 14.0. The third-order valence-corrected chi connectivity index (χ3v) is 6.79. The van der Waals surface area contributed by atoms with Crippen LogP contribution in [-0.4, -0.2) is 29.9 Å². The van der Waals surface area contributed by atoms with Crippen LogP contribution in [0.4, 0.5) is 0 Å². The number of hydrogen-bond donors (Lipinski definition) is 1. The number of ether oxygens (including phenoxy) is 2. The van der Waals surface area contributed by atoms with Gasteiger partial charge in [0.2, 0.25) is 0 Å². The van der Waals surface area contributed by atoms with Crippen molar-refractivity contribution in [2.75, 3.05) is 20.8 Å². The average molecular weight is 488 g/mol. The van der Waals surface area contributed by atoms with E-state index in [4.69, 9.17) is 21.7 Å². The lowest BCUT2D eigenvalue weighted by Crippen LogP contribution is -2.87. The third kappa shape index (κ3) is 4.00. The van der Waals surface area contributed by atoms with E-state index >= 15 is 0 Å². The maximum Gasteiger partial charge on any atom is 0.267 e. The normalized spacial score (nSPS) is 14.9. The van der Waals surface area contributed by atoms with Crippen molar-refractivity contribution in [2.24, 2.45) is 0 Å². The Balaban J connectivity index is 1.81. The van der Waals surface area contributed by atoms with Crippen LogP contribution in [-0.2, 0) is 6.42 Å². The minimum atomic E-state index is -0.426. The fraction of sp³-hybridized carbons (Fsp3) is 0.185. The highest BCUT2D eigenvalue weighted by Gasteiger charge is 2.30. The molecule has 5 rings (SSSR count). The van der Waals surface area contributed by atoms with Gasteiger partial charge in [-0.1, -0.05) is 24.3 Å². The molecule has 1 aromatic heterocycles. The first-order chi connectivity index (χ1) is 17.0. The van der Waals surface area contributed by atoms with Crippen molar-refractivity contribution in [1.29, 1.82) is 0 Å². The first kappa shape index (κ1) is 22.9. The fourth-order valence-corrected chi connectivity index (χ4v) is 5.04. The van der Waals surface area contributed by atoms with E-state index in [1.165, 1.54) is 9.13 Å². The Hall–Kier alpha value is -3.88. The maximum atomic E-state index is 14.0. The Morgan fingerprint density at radius 1 is 0.886 bits per heavy atom. The van der Waals surface area contributed by atoms with Crippen molar-refractivity contribution in [3.8, 4) is 28.8 Å². The van der Waals surface area contributed by atoms with Gasteiger partial charge in [0.05, 0.1) is 32.0 Å². The Labute approximate surface area is 207 Å². The number of nitrogens with zero attached hydrogens (tertiary/aromatic N) is 2. The predicted octanol–water partition coefficient (Wildman–Crippen LogP) is 2.66. The van der Waals surface area contributed by atoms with E-state index in [-0.39, 0.29) is 10.3 Å². The van der Waals surface area contributed by atoms with Crippen molar-refractivity contribution in [1.82, 2.24) is 9.13 Å². The van der Waals surface area contributed by atoms with Crippen LogP contribution in [0.5, 0.6) is 17.4 Å². The minimum Gasteiger partial charge on any atom is -0.859 e. The van der Waals surface area contributed by atoms with Gasteiger partial charge in [0.15, 0.2) is 4.77 Å². The van der Waals surface area contributed by atoms with Gasteiger partial charge < -0.3 is 24.5 Å². The lowest BCUT2D eigenvalue weighted by Gasteiger charge is -2.30. The van der Waals surface area contributed by atoms with Gasteiger partial charge in [-0.05, 0) is 72.2 Å². The maximum absolute atomic E-state index is 14.0. The first-order valence-electron chi connectivity index (χ1n) is 11.3. The highest BCUT2D eigenvalue weighted by atomic mass is 32.1. The van der Waals surface area contributed by atoms with Gasteiger partial charge in [0, 0.05) is 17.7 Å². The molecule has 0 bridgehead atoms. The van der Waals surface area contributed by atoms with Gasteiger partial charge in [0.1, 0.15) is 17.5 Å². The van der Waals surface area contributed by atoms with E-state index in [9.17, 15) is 9.90 Å². The van der Waals surface area contributed by atoms with Crippen LogP contribution in [0.3, 0.4) is 0 Å². The van der Waals surface area contributed by atoms with E-state index in [2.05, 4.69) is 11.4 Å². The van der Waals surface area contributed by atoms with Crippen LogP contribution in [0.2, 0.25) is 0 Å². The molecule has 3 aromatic carbocycles. The summed E-state index contributed by atoms with van der Waals surface area (Å²) in [7, 11) is 3.16. The first-order valence-corrected chi connectivity index (χ1v) is 11.7. The van der Waals surface area contributed by atoms with Crippen molar-refractivity contribution in [3.63, 3.8) is 0 Å². The van der Waals surface area contributed by atoms with Crippen LogP contribution < -0.4 is 25.5 Å². The van der Waals surface area contributed by atoms with Crippen LogP contribution in [0, 0.1) is 4.77 Å². The summed E-state index contributed by atoms with van der Waals surface area (Å²) in [6.45, 7) is 0.779. The van der Waals surface area contributed by atoms with E-state index in [1.807, 2.05) is 18.2 Å². The number of quaternary nitrogens is 1. The molecule has 0 aliphatic carbocycles. The second kappa shape index (κ2) is 9.40. The number of aromatic nitrogens is 2. The van der Waals surface area contributed by atoms with Crippen LogP contribution in [0.1, 0.15) is 22.7 Å². The van der Waals surface area contributed by atoms with E-state index in [0.717, 1.165) is 24.1 Å². The summed E-state index contributed by atoms with van der Waals surface area (Å²) in [6.07, 6.45) is 0.880. The molecule has 0 unspecified atom stereocenters. The molecule has 2 heterocycles. The third-order valence-electron chi connectivity index (χ3n) is 6.43. The van der Waals surface area contributed by atoms with Crippen molar-refractivity contribution >= 4 is 12.2 Å². The summed E-state index contributed by atoms with van der Waals surface area (Å²) < 4.78 is 13.5. The Bertz CT molecular complexity index is 1490. The van der Waals surface area contributed by atoms with E-state index in [0.29, 0.717) is 22.9 Å². The van der Waals surface area contributed by atoms with E-state index < -0.39 is 17.5 Å². The van der Waals surface area contributed by atoms with Crippen LogP contribution >= 0.6 is 12.2 Å². The molecule has 0 fully saturated rings. The van der Waals surface area contributed by atoms with Crippen molar-refractivity contribution in [2.45, 2.75) is 12.5 Å². The molecule has 0 spiro atoms. The van der Waals surface area contributed by atoms with Crippen LogP contribution in [0.25, 0.3) is 11.4 Å². The summed E-state index contributed by atoms with van der Waals surface area (Å²) in [5.74, 6) is 0.907. The summed E-state index contributed by atoms with van der Waals surface area (Å²) >= 11 is 5.75. The molecule has 2 N–H and O–H groups in total. The Morgan fingerprint density at radius 2 is 1.46 bits per heavy atom. The van der Waals surface area contributed by atoms with Gasteiger partial charge in [-0.15, -0.1) is 0 Å². The molecule has 0 saturated carbocycles. The number of methoxy groups -OCH3 is 2. The summed E-state index contributed by atoms with van der Waals surface area (Å²) in [5.41, 5.74) is 3.02. The molecule has 7 nitrogen and oxygen atoms in total. The van der Waals surface area contributed by atoms with Gasteiger partial charge in [-0.2, -0.15) is 0 Å². The molecule has 0 saturated heterocycles. The molecule has 1 aliphatic heterocycles. The molecule has 8 heteroatoms. The predicted molar refractivity (Wildman–Crippen MR) is 134 cm³/mol. The van der Waals surface area contributed by atoms with E-state index in [1.54, 1.807) is 62.8 Å². The topological polar surface area (TPSA) is 85.1 Å². The molecule has 1 aliphatic rings. The fourth-order valence-electron chi connectivity index (χ4n) is 4.66. The number of benzene rings is 3. The minimum absolute atomic E-state index is 0.100. The summed E-state index contributed by atoms with van der Waals surface area (Å²) in [6, 6.07) is 21.7. The highest BCUT2D eigenvalue weighted by molar-refractivity contribution is 7.71. The zero-order valence-corrected chi connectivity index (χ0v) is 20.2. The van der Waals surface area contributed by atoms with Gasteiger partial charge in [0.25, 0.3) is 5.56 Å². The van der Waals surface area contributed by atoms with Gasteiger partial charge >= 0.3 is 0 Å². The second-order valence-corrected chi connectivity index (χ2v) is 8.69. The van der Waals surface area contributed by atoms with Crippen molar-refractivity contribution < 1.29 is 19.9 Å². The molecule has 0 amide bonds. The molecular weight excluding hydrogens is 462 g/mol. The Kier molecular flexibility index (Phi) is 6.15. The lowest BCUT2D eigenvalue weighted by atomic mass is 9.90. The van der Waals surface area contributed by atoms with Gasteiger partial charge in [-0.3, -0.25) is 9.36 Å². The number of rotatable bonds is 5. The van der Waals surface area contributed by atoms with Crippen molar-refractivity contribution in [3.05, 3.63) is 105 Å². The molecule has 1 atom stereocenters. The zero-order chi connectivity index (χ0) is 24.5. The lowest BCUT2D eigenvalue weighted by molar-refractivity contribution is -0.690. The molecule has 178 valence electrons. The standard InChI is InChI=1S/C27H25N3O4S/c1-33-20-11-7-18(8-12-20)29-25(31)23(24-22-6-4-3-5-17(22)15-16-28-24)26(32)30(27(29)35)19-9-13-21(34-2)14-10-19/h3-14,24,28,31H,15-16H2,1-2H3/t24-/m0/s1. The average Bonchev–Trinajstić information content (AvgIpc) is 2.89. The smallest absolute Gasteiger partial charge is 0.267 e. The Morgan fingerprint density at radius 3 is 2.06 bits per heavy atom. The number of hydrogen-bond acceptors (Lipinski definition) is 5. The SMILES string of the molecule is COc1ccc(-n2c([O-])c([C@H]3[NH2+]CCc4ccccc43)c(=O)n(-c3ccc(OC)cc3)c2=S)cc1. The van der Waals surface area contributed by atoms with Gasteiger partial charge in [-0.25, -0.2) is 0 Å².